The second-order valence-corrected chi connectivity index (χ2v) is 7.80. The van der Waals surface area contributed by atoms with E-state index in [2.05, 4.69) is 75.9 Å². The van der Waals surface area contributed by atoms with E-state index in [0.29, 0.717) is 11.7 Å². The monoisotopic (exact) mass is 398 g/mol. The van der Waals surface area contributed by atoms with E-state index in [4.69, 9.17) is 4.98 Å². The van der Waals surface area contributed by atoms with Gasteiger partial charge in [0.15, 0.2) is 0 Å². The van der Waals surface area contributed by atoms with Crippen LogP contribution in [-0.4, -0.2) is 30.2 Å². The molecule has 0 saturated carbocycles. The van der Waals surface area contributed by atoms with Crippen molar-refractivity contribution < 1.29 is 0 Å². The summed E-state index contributed by atoms with van der Waals surface area (Å²) in [4.78, 5) is 4.85. The number of benzene rings is 2. The van der Waals surface area contributed by atoms with Crippen molar-refractivity contribution in [3.05, 3.63) is 72.3 Å². The van der Waals surface area contributed by atoms with Gasteiger partial charge in [-0.25, -0.2) is 4.98 Å². The molecular formula is C24H26N6. The molecule has 0 atom stereocenters. The van der Waals surface area contributed by atoms with Crippen molar-refractivity contribution in [1.82, 2.24) is 30.2 Å². The Kier molecular flexibility index (Phi) is 5.57. The molecule has 0 radical (unpaired) electrons. The molecule has 30 heavy (non-hydrogen) atoms. The molecule has 0 fully saturated rings. The smallest absolute Gasteiger partial charge is 0.205 e. The molecule has 0 unspecified atom stereocenters. The highest BCUT2D eigenvalue weighted by molar-refractivity contribution is 5.81. The van der Waals surface area contributed by atoms with Crippen molar-refractivity contribution >= 4 is 6.08 Å². The summed E-state index contributed by atoms with van der Waals surface area (Å²) in [6, 6.07) is 16.6. The third-order valence-corrected chi connectivity index (χ3v) is 5.23. The van der Waals surface area contributed by atoms with Crippen LogP contribution in [0.4, 0.5) is 0 Å². The molecule has 6 nitrogen and oxygen atoms in total. The Morgan fingerprint density at radius 3 is 2.60 bits per heavy atom. The predicted molar refractivity (Wildman–Crippen MR) is 120 cm³/mol. The summed E-state index contributed by atoms with van der Waals surface area (Å²) in [5.74, 6) is 2.27. The van der Waals surface area contributed by atoms with Crippen LogP contribution in [0.25, 0.3) is 34.3 Å². The Hall–Kier alpha value is -3.54. The molecule has 0 aliphatic heterocycles. The van der Waals surface area contributed by atoms with Gasteiger partial charge in [-0.2, -0.15) is 5.21 Å². The molecule has 4 aromatic rings. The van der Waals surface area contributed by atoms with Crippen molar-refractivity contribution in [2.45, 2.75) is 33.6 Å². The zero-order chi connectivity index (χ0) is 21.1. The topological polar surface area (TPSA) is 72.3 Å². The number of nitrogens with one attached hydrogen (secondary N) is 1. The van der Waals surface area contributed by atoms with E-state index in [1.807, 2.05) is 31.2 Å². The first-order chi connectivity index (χ1) is 14.6. The lowest BCUT2D eigenvalue weighted by molar-refractivity contribution is 0.571. The van der Waals surface area contributed by atoms with Crippen molar-refractivity contribution in [2.24, 2.45) is 5.92 Å². The van der Waals surface area contributed by atoms with Crippen LogP contribution in [0.5, 0.6) is 0 Å². The Morgan fingerprint density at radius 2 is 1.90 bits per heavy atom. The van der Waals surface area contributed by atoms with Gasteiger partial charge in [-0.1, -0.05) is 56.8 Å². The first kappa shape index (κ1) is 19.8. The van der Waals surface area contributed by atoms with Gasteiger partial charge in [0, 0.05) is 17.7 Å². The van der Waals surface area contributed by atoms with Gasteiger partial charge in [0.25, 0.3) is 0 Å². The van der Waals surface area contributed by atoms with Gasteiger partial charge in [-0.15, -0.1) is 10.2 Å². The quantitative estimate of drug-likeness (QED) is 0.461. The van der Waals surface area contributed by atoms with E-state index in [-0.39, 0.29) is 0 Å². The maximum atomic E-state index is 4.85. The van der Waals surface area contributed by atoms with Crippen LogP contribution in [0.2, 0.25) is 0 Å². The average Bonchev–Trinajstić information content (AvgIpc) is 3.40. The second-order valence-electron chi connectivity index (χ2n) is 7.80. The summed E-state index contributed by atoms with van der Waals surface area (Å²) in [6.45, 7) is 10.6. The van der Waals surface area contributed by atoms with Crippen LogP contribution in [0, 0.1) is 12.8 Å². The first-order valence-electron chi connectivity index (χ1n) is 10.2. The lowest BCUT2D eigenvalue weighted by Gasteiger charge is -2.14. The fourth-order valence-corrected chi connectivity index (χ4v) is 3.73. The van der Waals surface area contributed by atoms with E-state index in [9.17, 15) is 0 Å². The van der Waals surface area contributed by atoms with Crippen LogP contribution in [-0.2, 0) is 6.42 Å². The molecule has 0 bridgehead atoms. The van der Waals surface area contributed by atoms with Crippen LogP contribution in [0.1, 0.15) is 37.5 Å². The fourth-order valence-electron chi connectivity index (χ4n) is 3.73. The Morgan fingerprint density at radius 1 is 1.10 bits per heavy atom. The number of hydrogen-bond donors (Lipinski definition) is 1. The molecule has 0 aliphatic carbocycles. The predicted octanol–water partition coefficient (Wildman–Crippen LogP) is 5.26. The van der Waals surface area contributed by atoms with Gasteiger partial charge >= 0.3 is 0 Å². The van der Waals surface area contributed by atoms with E-state index in [1.54, 1.807) is 0 Å². The lowest BCUT2D eigenvalue weighted by atomic mass is 9.98. The molecule has 0 amide bonds. The van der Waals surface area contributed by atoms with Crippen molar-refractivity contribution in [3.63, 3.8) is 0 Å². The van der Waals surface area contributed by atoms with Gasteiger partial charge in [0.05, 0.1) is 11.4 Å². The molecular weight excluding hydrogens is 372 g/mol. The highest BCUT2D eigenvalue weighted by Crippen LogP contribution is 2.32. The number of tetrazole rings is 1. The number of aromatic nitrogens is 6. The minimum absolute atomic E-state index is 0.582. The lowest BCUT2D eigenvalue weighted by Crippen LogP contribution is -2.05. The number of nitrogens with zero attached hydrogens (tertiary/aromatic N) is 5. The highest BCUT2D eigenvalue weighted by Gasteiger charge is 2.16. The third-order valence-electron chi connectivity index (χ3n) is 5.23. The van der Waals surface area contributed by atoms with Gasteiger partial charge in [0.2, 0.25) is 5.82 Å². The van der Waals surface area contributed by atoms with E-state index in [1.165, 1.54) is 0 Å². The summed E-state index contributed by atoms with van der Waals surface area (Å²) in [7, 11) is 0. The zero-order valence-corrected chi connectivity index (χ0v) is 17.6. The van der Waals surface area contributed by atoms with Gasteiger partial charge < -0.3 is 0 Å². The van der Waals surface area contributed by atoms with Gasteiger partial charge in [-0.3, -0.25) is 4.57 Å². The highest BCUT2D eigenvalue weighted by atomic mass is 15.5. The number of aryl methyl sites for hydroxylation is 2. The Balaban J connectivity index is 1.82. The van der Waals surface area contributed by atoms with E-state index < -0.39 is 0 Å². The molecule has 152 valence electrons. The summed E-state index contributed by atoms with van der Waals surface area (Å²) in [5.41, 5.74) is 6.20. The number of hydrogen-bond acceptors (Lipinski definition) is 4. The molecule has 2 heterocycles. The molecule has 6 heteroatoms. The van der Waals surface area contributed by atoms with Crippen molar-refractivity contribution in [3.8, 4) is 28.2 Å². The Labute approximate surface area is 176 Å². The average molecular weight is 399 g/mol. The normalized spacial score (nSPS) is 11.2. The van der Waals surface area contributed by atoms with Crippen LogP contribution >= 0.6 is 0 Å². The summed E-state index contributed by atoms with van der Waals surface area (Å²) >= 11 is 0. The number of imidazole rings is 1. The fraction of sp³-hybridized carbons (Fsp3) is 0.250. The summed E-state index contributed by atoms with van der Waals surface area (Å²) in [5, 5.41) is 14.6. The molecule has 4 rings (SSSR count). The minimum atomic E-state index is 0.582. The molecule has 0 aliphatic rings. The minimum Gasteiger partial charge on any atom is -0.297 e. The Bertz CT molecular complexity index is 1150. The number of H-pyrrole nitrogens is 1. The summed E-state index contributed by atoms with van der Waals surface area (Å²) < 4.78 is 2.23. The van der Waals surface area contributed by atoms with Gasteiger partial charge in [0.1, 0.15) is 5.82 Å². The zero-order valence-electron chi connectivity index (χ0n) is 17.6. The maximum Gasteiger partial charge on any atom is 0.205 e. The van der Waals surface area contributed by atoms with Crippen LogP contribution in [0.3, 0.4) is 0 Å². The SMILES string of the molecule is C=Cc1c(C)nc(CCC(C)C)n1-c1cccc(-c2ccccc2-c2nn[nH]n2)c1. The van der Waals surface area contributed by atoms with Crippen molar-refractivity contribution in [1.29, 1.82) is 0 Å². The molecule has 2 aromatic carbocycles. The van der Waals surface area contributed by atoms with E-state index >= 15 is 0 Å². The first-order valence-corrected chi connectivity index (χ1v) is 10.2. The van der Waals surface area contributed by atoms with E-state index in [0.717, 1.165) is 52.4 Å². The van der Waals surface area contributed by atoms with Crippen LogP contribution in [0.15, 0.2) is 55.1 Å². The second kappa shape index (κ2) is 8.45. The van der Waals surface area contributed by atoms with Gasteiger partial charge in [-0.05, 0) is 53.8 Å². The summed E-state index contributed by atoms with van der Waals surface area (Å²) in [6.07, 6.45) is 3.91. The standard InChI is InChI=1S/C24H26N6/c1-5-22-17(4)25-23(14-13-16(2)3)30(22)19-10-8-9-18(15-19)20-11-6-7-12-21(20)24-26-28-29-27-24/h5-12,15-16H,1,13-14H2,2-4H3,(H,26,27,28,29). The van der Waals surface area contributed by atoms with Crippen molar-refractivity contribution in [2.75, 3.05) is 0 Å². The maximum absolute atomic E-state index is 4.85. The number of rotatable bonds is 7. The molecule has 0 saturated heterocycles. The molecule has 2 aromatic heterocycles. The largest absolute Gasteiger partial charge is 0.297 e. The molecule has 0 spiro atoms. The van der Waals surface area contributed by atoms with Crippen LogP contribution < -0.4 is 0 Å². The number of aromatic amines is 1. The molecule has 1 N–H and O–H groups in total. The third kappa shape index (κ3) is 3.81.